The Balaban J connectivity index is 2.63. The first-order valence-electron chi connectivity index (χ1n) is 4.91. The first kappa shape index (κ1) is 12.2. The van der Waals surface area contributed by atoms with Gasteiger partial charge in [0.15, 0.2) is 6.10 Å². The number of benzene rings is 1. The number of rotatable bonds is 5. The topological polar surface area (TPSA) is 69.4 Å². The first-order chi connectivity index (χ1) is 7.58. The van der Waals surface area contributed by atoms with Gasteiger partial charge in [0.2, 0.25) is 6.54 Å². The third-order valence-electron chi connectivity index (χ3n) is 1.99. The van der Waals surface area contributed by atoms with E-state index in [4.69, 9.17) is 4.74 Å². The molecule has 0 N–H and O–H groups in total. The fourth-order valence-electron chi connectivity index (χ4n) is 1.42. The van der Waals surface area contributed by atoms with Crippen LogP contribution < -0.4 is 0 Å². The Hall–Kier alpha value is -1.91. The lowest BCUT2D eigenvalue weighted by Gasteiger charge is -2.12. The lowest BCUT2D eigenvalue weighted by molar-refractivity contribution is -0.489. The zero-order chi connectivity index (χ0) is 12.0. The van der Waals surface area contributed by atoms with Crippen molar-refractivity contribution in [3.8, 4) is 0 Å². The van der Waals surface area contributed by atoms with E-state index in [9.17, 15) is 14.9 Å². The third kappa shape index (κ3) is 4.54. The van der Waals surface area contributed by atoms with Gasteiger partial charge in [-0.3, -0.25) is 14.9 Å². The maximum atomic E-state index is 10.8. The Labute approximate surface area is 93.2 Å². The molecule has 1 unspecified atom stereocenters. The molecule has 1 aromatic carbocycles. The monoisotopic (exact) mass is 223 g/mol. The summed E-state index contributed by atoms with van der Waals surface area (Å²) >= 11 is 0. The number of esters is 1. The van der Waals surface area contributed by atoms with Crippen LogP contribution in [-0.4, -0.2) is 23.5 Å². The molecule has 5 heteroatoms. The van der Waals surface area contributed by atoms with Crippen molar-refractivity contribution in [1.29, 1.82) is 0 Å². The zero-order valence-electron chi connectivity index (χ0n) is 8.96. The molecule has 0 aliphatic carbocycles. The highest BCUT2D eigenvalue weighted by Gasteiger charge is 2.18. The van der Waals surface area contributed by atoms with Gasteiger partial charge in [0.25, 0.3) is 0 Å². The maximum Gasteiger partial charge on any atom is 0.303 e. The van der Waals surface area contributed by atoms with Gasteiger partial charge in [0.1, 0.15) is 0 Å². The molecule has 0 aliphatic rings. The third-order valence-corrected chi connectivity index (χ3v) is 1.99. The minimum atomic E-state index is -0.699. The van der Waals surface area contributed by atoms with Crippen LogP contribution in [0.15, 0.2) is 30.3 Å². The van der Waals surface area contributed by atoms with Gasteiger partial charge in [-0.05, 0) is 5.56 Å². The summed E-state index contributed by atoms with van der Waals surface area (Å²) in [6, 6.07) is 9.23. The normalized spacial score (nSPS) is 11.8. The molecule has 0 aliphatic heterocycles. The quantitative estimate of drug-likeness (QED) is 0.430. The van der Waals surface area contributed by atoms with Gasteiger partial charge in [-0.1, -0.05) is 30.3 Å². The van der Waals surface area contributed by atoms with Crippen molar-refractivity contribution in [2.24, 2.45) is 0 Å². The van der Waals surface area contributed by atoms with Gasteiger partial charge < -0.3 is 4.74 Å². The van der Waals surface area contributed by atoms with Crippen molar-refractivity contribution in [1.82, 2.24) is 0 Å². The van der Waals surface area contributed by atoms with Gasteiger partial charge in [-0.15, -0.1) is 0 Å². The Morgan fingerprint density at radius 2 is 2.06 bits per heavy atom. The molecule has 86 valence electrons. The van der Waals surface area contributed by atoms with Crippen LogP contribution in [0.1, 0.15) is 12.5 Å². The molecule has 0 bridgehead atoms. The molecule has 0 heterocycles. The summed E-state index contributed by atoms with van der Waals surface area (Å²) in [5.74, 6) is -0.497. The largest absolute Gasteiger partial charge is 0.455 e. The zero-order valence-corrected chi connectivity index (χ0v) is 8.96. The van der Waals surface area contributed by atoms with E-state index in [1.807, 2.05) is 30.3 Å². The van der Waals surface area contributed by atoms with Crippen LogP contribution in [0.4, 0.5) is 0 Å². The van der Waals surface area contributed by atoms with Gasteiger partial charge in [-0.2, -0.15) is 0 Å². The van der Waals surface area contributed by atoms with E-state index in [0.29, 0.717) is 6.42 Å². The van der Waals surface area contributed by atoms with E-state index in [1.165, 1.54) is 6.92 Å². The molecular formula is C11H13NO4. The van der Waals surface area contributed by atoms with Crippen molar-refractivity contribution >= 4 is 5.97 Å². The lowest BCUT2D eigenvalue weighted by Crippen LogP contribution is -2.27. The predicted molar refractivity (Wildman–Crippen MR) is 57.6 cm³/mol. The van der Waals surface area contributed by atoms with Crippen molar-refractivity contribution < 1.29 is 14.5 Å². The highest BCUT2D eigenvalue weighted by atomic mass is 16.6. The summed E-state index contributed by atoms with van der Waals surface area (Å²) in [4.78, 5) is 20.7. The minimum absolute atomic E-state index is 0.363. The predicted octanol–water partition coefficient (Wildman–Crippen LogP) is 1.44. The molecule has 5 nitrogen and oxygen atoms in total. The average Bonchev–Trinajstić information content (AvgIpc) is 2.16. The highest BCUT2D eigenvalue weighted by molar-refractivity contribution is 5.66. The van der Waals surface area contributed by atoms with E-state index < -0.39 is 17.0 Å². The number of nitro groups is 1. The Kier molecular flexibility index (Phi) is 4.44. The number of hydrogen-bond acceptors (Lipinski definition) is 4. The lowest BCUT2D eigenvalue weighted by atomic mass is 10.1. The summed E-state index contributed by atoms with van der Waals surface area (Å²) in [6.45, 7) is 0.881. The van der Waals surface area contributed by atoms with Crippen molar-refractivity contribution in [2.75, 3.05) is 6.54 Å². The molecule has 0 radical (unpaired) electrons. The van der Waals surface area contributed by atoms with Gasteiger partial charge in [-0.25, -0.2) is 0 Å². The van der Waals surface area contributed by atoms with E-state index in [1.54, 1.807) is 0 Å². The summed E-state index contributed by atoms with van der Waals surface area (Å²) < 4.78 is 4.88. The number of carbonyl (C=O) groups is 1. The Bertz CT molecular complexity index is 348. The highest BCUT2D eigenvalue weighted by Crippen LogP contribution is 2.06. The fourth-order valence-corrected chi connectivity index (χ4v) is 1.42. The Morgan fingerprint density at radius 1 is 1.44 bits per heavy atom. The van der Waals surface area contributed by atoms with Gasteiger partial charge >= 0.3 is 5.97 Å². The molecule has 0 amide bonds. The molecule has 0 spiro atoms. The van der Waals surface area contributed by atoms with Crippen LogP contribution in [0, 0.1) is 10.1 Å². The summed E-state index contributed by atoms with van der Waals surface area (Å²) in [5.41, 5.74) is 0.913. The molecule has 0 fully saturated rings. The standard InChI is InChI=1S/C11H13NO4/c1-9(13)16-11(8-12(14)15)7-10-5-3-2-4-6-10/h2-6,11H,7-8H2,1H3. The number of ether oxygens (including phenoxy) is 1. The smallest absolute Gasteiger partial charge is 0.303 e. The van der Waals surface area contributed by atoms with Crippen LogP contribution in [0.2, 0.25) is 0 Å². The number of hydrogen-bond donors (Lipinski definition) is 0. The summed E-state index contributed by atoms with van der Waals surface area (Å²) in [5, 5.41) is 10.4. The first-order valence-corrected chi connectivity index (χ1v) is 4.91. The molecular weight excluding hydrogens is 210 g/mol. The second-order valence-corrected chi connectivity index (χ2v) is 3.44. The fraction of sp³-hybridized carbons (Fsp3) is 0.364. The number of nitrogens with zero attached hydrogens (tertiary/aromatic N) is 1. The van der Waals surface area contributed by atoms with Crippen LogP contribution in [0.5, 0.6) is 0 Å². The van der Waals surface area contributed by atoms with Crippen molar-refractivity contribution in [2.45, 2.75) is 19.4 Å². The van der Waals surface area contributed by atoms with Crippen LogP contribution in [0.3, 0.4) is 0 Å². The maximum absolute atomic E-state index is 10.8. The molecule has 16 heavy (non-hydrogen) atoms. The average molecular weight is 223 g/mol. The molecule has 0 saturated carbocycles. The van der Waals surface area contributed by atoms with Crippen LogP contribution in [-0.2, 0) is 16.0 Å². The van der Waals surface area contributed by atoms with Crippen molar-refractivity contribution in [3.05, 3.63) is 46.0 Å². The van der Waals surface area contributed by atoms with E-state index >= 15 is 0 Å². The SMILES string of the molecule is CC(=O)OC(Cc1ccccc1)C[N+](=O)[O-]. The van der Waals surface area contributed by atoms with Crippen LogP contribution in [0.25, 0.3) is 0 Å². The molecule has 1 atom stereocenters. The van der Waals surface area contributed by atoms with E-state index in [0.717, 1.165) is 5.56 Å². The summed E-state index contributed by atoms with van der Waals surface area (Å²) in [6.07, 6.45) is -0.337. The second kappa shape index (κ2) is 5.85. The van der Waals surface area contributed by atoms with Gasteiger partial charge in [0.05, 0.1) is 0 Å². The van der Waals surface area contributed by atoms with Crippen molar-refractivity contribution in [3.63, 3.8) is 0 Å². The Morgan fingerprint density at radius 3 is 2.56 bits per heavy atom. The molecule has 1 rings (SSSR count). The van der Waals surface area contributed by atoms with Crippen LogP contribution >= 0.6 is 0 Å². The van der Waals surface area contributed by atoms with E-state index in [2.05, 4.69) is 0 Å². The second-order valence-electron chi connectivity index (χ2n) is 3.44. The van der Waals surface area contributed by atoms with E-state index in [-0.39, 0.29) is 6.54 Å². The molecule has 1 aromatic rings. The summed E-state index contributed by atoms with van der Waals surface area (Å²) in [7, 11) is 0. The molecule has 0 aromatic heterocycles. The van der Waals surface area contributed by atoms with Gasteiger partial charge in [0, 0.05) is 18.3 Å². The minimum Gasteiger partial charge on any atom is -0.455 e. The molecule has 0 saturated heterocycles. The number of carbonyl (C=O) groups excluding carboxylic acids is 1.